The molecule has 0 amide bonds. The molecule has 1 unspecified atom stereocenters. The lowest BCUT2D eigenvalue weighted by atomic mass is 9.95. The lowest BCUT2D eigenvalue weighted by Gasteiger charge is -2.27. The first-order valence-electron chi connectivity index (χ1n) is 10.7. The number of fused-ring (bicyclic) bond motifs is 1. The Bertz CT molecular complexity index is 1330. The van der Waals surface area contributed by atoms with Gasteiger partial charge in [-0.05, 0) is 68.3 Å². The molecule has 172 valence electrons. The number of rotatable bonds is 6. The van der Waals surface area contributed by atoms with E-state index in [1.54, 1.807) is 24.5 Å². The third kappa shape index (κ3) is 5.53. The average Bonchev–Trinajstić information content (AvgIpc) is 2.75. The van der Waals surface area contributed by atoms with E-state index in [-0.39, 0.29) is 12.2 Å². The van der Waals surface area contributed by atoms with Gasteiger partial charge in [0.1, 0.15) is 17.9 Å². The number of ether oxygens (including phenoxy) is 1. The maximum Gasteiger partial charge on any atom is 0.144 e. The third-order valence-electron chi connectivity index (χ3n) is 5.57. The minimum atomic E-state index is -2.42. The Labute approximate surface area is 193 Å². The summed E-state index contributed by atoms with van der Waals surface area (Å²) in [4.78, 5) is 8.83. The van der Waals surface area contributed by atoms with Gasteiger partial charge in [-0.3, -0.25) is 0 Å². The molecular formula is C24H27N5O3S. The maximum absolute atomic E-state index is 12.1. The molecule has 0 saturated heterocycles. The van der Waals surface area contributed by atoms with Crippen molar-refractivity contribution in [2.45, 2.75) is 44.8 Å². The molecule has 3 aromatic rings. The largest absolute Gasteiger partial charge is 0.488 e. The van der Waals surface area contributed by atoms with E-state index >= 15 is 0 Å². The Morgan fingerprint density at radius 2 is 1.97 bits per heavy atom. The van der Waals surface area contributed by atoms with Gasteiger partial charge in [0, 0.05) is 33.1 Å². The highest BCUT2D eigenvalue weighted by atomic mass is 32.2. The number of nitrogens with one attached hydrogen (secondary N) is 2. The molecule has 0 radical (unpaired) electrons. The van der Waals surface area contributed by atoms with E-state index in [1.807, 2.05) is 19.1 Å². The molecule has 3 N–H and O–H groups in total. The smallest absolute Gasteiger partial charge is 0.144 e. The second-order valence-electron chi connectivity index (χ2n) is 8.51. The summed E-state index contributed by atoms with van der Waals surface area (Å²) in [5, 5.41) is 23.3. The second-order valence-corrected chi connectivity index (χ2v) is 10.7. The van der Waals surface area contributed by atoms with Crippen LogP contribution >= 0.6 is 0 Å². The Morgan fingerprint density at radius 1 is 1.21 bits per heavy atom. The predicted molar refractivity (Wildman–Crippen MR) is 132 cm³/mol. The first-order chi connectivity index (χ1) is 15.7. The van der Waals surface area contributed by atoms with Crippen molar-refractivity contribution in [1.82, 2.24) is 9.97 Å². The van der Waals surface area contributed by atoms with E-state index in [0.717, 1.165) is 23.8 Å². The summed E-state index contributed by atoms with van der Waals surface area (Å²) in [7, 11) is -2.42. The van der Waals surface area contributed by atoms with Crippen LogP contribution in [-0.2, 0) is 9.71 Å². The molecule has 1 fully saturated rings. The summed E-state index contributed by atoms with van der Waals surface area (Å²) in [6.07, 6.45) is 5.64. The van der Waals surface area contributed by atoms with Gasteiger partial charge in [-0.15, -0.1) is 0 Å². The third-order valence-corrected chi connectivity index (χ3v) is 6.24. The van der Waals surface area contributed by atoms with Crippen LogP contribution in [-0.4, -0.2) is 43.6 Å². The number of aliphatic hydroxyl groups is 1. The van der Waals surface area contributed by atoms with Crippen molar-refractivity contribution in [2.24, 2.45) is 0 Å². The van der Waals surface area contributed by atoms with Crippen molar-refractivity contribution in [3.63, 3.8) is 0 Å². The van der Waals surface area contributed by atoms with E-state index in [4.69, 9.17) is 4.74 Å². The molecule has 1 aromatic heterocycles. The van der Waals surface area contributed by atoms with Crippen LogP contribution in [0.5, 0.6) is 5.75 Å². The van der Waals surface area contributed by atoms with Crippen LogP contribution in [0.1, 0.15) is 36.8 Å². The minimum absolute atomic E-state index is 0.0213. The van der Waals surface area contributed by atoms with Gasteiger partial charge in [0.05, 0.1) is 35.0 Å². The number of nitriles is 1. The van der Waals surface area contributed by atoms with E-state index in [1.165, 1.54) is 6.33 Å². The fourth-order valence-electron chi connectivity index (χ4n) is 4.06. The fraction of sp³-hybridized carbons (Fsp3) is 0.333. The zero-order valence-corrected chi connectivity index (χ0v) is 19.5. The van der Waals surface area contributed by atoms with Crippen LogP contribution in [0.15, 0.2) is 36.7 Å². The highest BCUT2D eigenvalue weighted by Gasteiger charge is 2.22. The van der Waals surface area contributed by atoms with Crippen molar-refractivity contribution in [3.8, 4) is 11.8 Å². The van der Waals surface area contributed by atoms with Crippen molar-refractivity contribution in [3.05, 3.63) is 47.8 Å². The summed E-state index contributed by atoms with van der Waals surface area (Å²) in [6.45, 7) is 1.94. The molecule has 2 aromatic carbocycles. The quantitative estimate of drug-likeness (QED) is 0.472. The molecule has 1 aliphatic rings. The van der Waals surface area contributed by atoms with Gasteiger partial charge in [0.15, 0.2) is 0 Å². The van der Waals surface area contributed by atoms with Crippen molar-refractivity contribution in [2.75, 3.05) is 16.3 Å². The number of aromatic nitrogens is 2. The number of aryl methyl sites for hydroxylation is 1. The first-order valence-corrected chi connectivity index (χ1v) is 12.9. The Balaban J connectivity index is 1.68. The average molecular weight is 466 g/mol. The number of hydrogen-bond donors (Lipinski definition) is 3. The van der Waals surface area contributed by atoms with E-state index < -0.39 is 9.71 Å². The first kappa shape index (κ1) is 22.8. The normalized spacial score (nSPS) is 19.9. The van der Waals surface area contributed by atoms with Gasteiger partial charge in [-0.1, -0.05) is 0 Å². The zero-order chi connectivity index (χ0) is 23.6. The lowest BCUT2D eigenvalue weighted by Crippen LogP contribution is -2.26. The van der Waals surface area contributed by atoms with E-state index in [2.05, 4.69) is 31.9 Å². The summed E-state index contributed by atoms with van der Waals surface area (Å²) in [5.41, 5.74) is 3.46. The molecule has 0 aliphatic heterocycles. The maximum atomic E-state index is 12.1. The van der Waals surface area contributed by atoms with Crippen LogP contribution in [0, 0.1) is 18.3 Å². The Kier molecular flexibility index (Phi) is 6.40. The number of nitrogens with zero attached hydrogens (tertiary/aromatic N) is 3. The van der Waals surface area contributed by atoms with Gasteiger partial charge in [0.25, 0.3) is 0 Å². The minimum Gasteiger partial charge on any atom is -0.488 e. The van der Waals surface area contributed by atoms with Gasteiger partial charge in [-0.2, -0.15) is 5.26 Å². The van der Waals surface area contributed by atoms with Gasteiger partial charge in [-0.25, -0.2) is 14.2 Å². The number of benzene rings is 2. The van der Waals surface area contributed by atoms with Gasteiger partial charge >= 0.3 is 0 Å². The highest BCUT2D eigenvalue weighted by Crippen LogP contribution is 2.35. The summed E-state index contributed by atoms with van der Waals surface area (Å²) < 4.78 is 21.2. The number of hydrogen-bond acceptors (Lipinski definition) is 7. The predicted octanol–water partition coefficient (Wildman–Crippen LogP) is 3.91. The van der Waals surface area contributed by atoms with Crippen molar-refractivity contribution < 1.29 is 14.1 Å². The molecule has 4 rings (SSSR count). The number of aliphatic hydroxyl groups excluding tert-OH is 1. The second kappa shape index (κ2) is 9.25. The topological polar surface area (TPSA) is 120 Å². The SMILES string of the molecule is C=S(C)(=O)Nc1cc(C)c2c(Nc3ccc(C#N)cc3OC3CCC(O)CC3)ncnc2c1. The summed E-state index contributed by atoms with van der Waals surface area (Å²) in [5.74, 6) is 4.82. The van der Waals surface area contributed by atoms with Crippen LogP contribution in [0.2, 0.25) is 0 Å². The molecule has 0 bridgehead atoms. The van der Waals surface area contributed by atoms with Crippen molar-refractivity contribution >= 4 is 43.7 Å². The van der Waals surface area contributed by atoms with Gasteiger partial charge in [0.2, 0.25) is 0 Å². The van der Waals surface area contributed by atoms with E-state index in [9.17, 15) is 14.6 Å². The van der Waals surface area contributed by atoms with Gasteiger partial charge < -0.3 is 19.9 Å². The summed E-state index contributed by atoms with van der Waals surface area (Å²) in [6, 6.07) is 11.1. The molecule has 1 atom stereocenters. The van der Waals surface area contributed by atoms with Crippen LogP contribution in [0.4, 0.5) is 17.2 Å². The Hall–Kier alpha value is -3.35. The molecular weight excluding hydrogens is 438 g/mol. The Morgan fingerprint density at radius 3 is 2.67 bits per heavy atom. The van der Waals surface area contributed by atoms with Crippen LogP contribution in [0.3, 0.4) is 0 Å². The fourth-order valence-corrected chi connectivity index (χ4v) is 4.67. The number of anilines is 3. The molecule has 0 spiro atoms. The summed E-state index contributed by atoms with van der Waals surface area (Å²) >= 11 is 0. The molecule has 1 heterocycles. The molecule has 8 nitrogen and oxygen atoms in total. The van der Waals surface area contributed by atoms with Crippen LogP contribution in [0.25, 0.3) is 10.9 Å². The monoisotopic (exact) mass is 465 g/mol. The molecule has 1 saturated carbocycles. The molecule has 9 heteroatoms. The zero-order valence-electron chi connectivity index (χ0n) is 18.7. The van der Waals surface area contributed by atoms with Crippen LogP contribution < -0.4 is 14.8 Å². The molecule has 1 aliphatic carbocycles. The highest BCUT2D eigenvalue weighted by molar-refractivity contribution is 8.00. The molecule has 33 heavy (non-hydrogen) atoms. The van der Waals surface area contributed by atoms with Crippen molar-refractivity contribution in [1.29, 1.82) is 5.26 Å². The lowest BCUT2D eigenvalue weighted by molar-refractivity contribution is 0.0669. The standard InChI is InChI=1S/C24H27N5O3S/c1-15-10-17(29-33(2,3)31)12-21-23(15)24(27-14-26-21)28-20-9-4-16(13-25)11-22(20)32-19-7-5-18(30)6-8-19/h4,9-12,14,18-19,30H,2,5-8H2,1,3H3,(H,29,31)(H,26,27,28). The van der Waals surface area contributed by atoms with E-state index in [0.29, 0.717) is 46.9 Å².